The van der Waals surface area contributed by atoms with Crippen LogP contribution in [0.25, 0.3) is 0 Å². The molecule has 0 aromatic rings. The van der Waals surface area contributed by atoms with Gasteiger partial charge in [0.05, 0.1) is 0 Å². The van der Waals surface area contributed by atoms with E-state index in [0.29, 0.717) is 0 Å². The Morgan fingerprint density at radius 1 is 0.864 bits per heavy atom. The first-order chi connectivity index (χ1) is 10.3. The van der Waals surface area contributed by atoms with Gasteiger partial charge < -0.3 is 10.2 Å². The first-order valence-electron chi connectivity index (χ1n) is 8.38. The molecule has 0 aromatic carbocycles. The molecule has 2 atom stereocenters. The molecule has 2 heteroatoms. The molecular weight excluding hydrogens is 272 g/mol. The zero-order chi connectivity index (χ0) is 16.7. The van der Waals surface area contributed by atoms with Crippen molar-refractivity contribution in [2.24, 2.45) is 5.92 Å². The molecule has 2 nitrogen and oxygen atoms in total. The van der Waals surface area contributed by atoms with Crippen molar-refractivity contribution >= 4 is 0 Å². The molecule has 0 aromatic heterocycles. The van der Waals surface area contributed by atoms with Crippen LogP contribution in [0, 0.1) is 5.92 Å². The SMILES string of the molecule is C/C1=C/C=C(/C(C)C)C(O)C(O)/C(C)=C\CC/C(C)=C\CC1. The topological polar surface area (TPSA) is 40.5 Å². The standard InChI is InChI=1S/C20H32O2/c1-14(2)18-13-12-16(4)9-6-8-15(3)10-7-11-17(5)19(21)20(18)22/h8,11-14,19-22H,6-7,9-10H2,1-5H3/b15-8-,16-12-,17-11-,18-13-. The van der Waals surface area contributed by atoms with Crippen LogP contribution in [-0.2, 0) is 0 Å². The second kappa shape index (κ2) is 9.12. The highest BCUT2D eigenvalue weighted by Gasteiger charge is 2.23. The third-order valence-electron chi connectivity index (χ3n) is 4.37. The summed E-state index contributed by atoms with van der Waals surface area (Å²) in [5, 5.41) is 20.9. The van der Waals surface area contributed by atoms with Crippen LogP contribution in [-0.4, -0.2) is 22.4 Å². The molecule has 0 heterocycles. The third kappa shape index (κ3) is 5.94. The second-order valence-corrected chi connectivity index (χ2v) is 6.80. The molecule has 0 saturated carbocycles. The number of hydrogen-bond acceptors (Lipinski definition) is 2. The molecule has 0 saturated heterocycles. The average molecular weight is 304 g/mol. The summed E-state index contributed by atoms with van der Waals surface area (Å²) >= 11 is 0. The lowest BCUT2D eigenvalue weighted by Gasteiger charge is -2.24. The van der Waals surface area contributed by atoms with E-state index >= 15 is 0 Å². The molecule has 124 valence electrons. The Hall–Kier alpha value is -1.12. The van der Waals surface area contributed by atoms with E-state index in [2.05, 4.69) is 45.9 Å². The summed E-state index contributed by atoms with van der Waals surface area (Å²) in [4.78, 5) is 0. The zero-order valence-electron chi connectivity index (χ0n) is 14.8. The summed E-state index contributed by atoms with van der Waals surface area (Å²) in [6, 6.07) is 0. The first-order valence-corrected chi connectivity index (χ1v) is 8.38. The molecule has 1 rings (SSSR count). The first kappa shape index (κ1) is 18.9. The smallest absolute Gasteiger partial charge is 0.105 e. The highest BCUT2D eigenvalue weighted by molar-refractivity contribution is 5.25. The van der Waals surface area contributed by atoms with Crippen LogP contribution in [0.15, 0.2) is 46.6 Å². The van der Waals surface area contributed by atoms with Gasteiger partial charge in [0.2, 0.25) is 0 Å². The highest BCUT2D eigenvalue weighted by Crippen LogP contribution is 2.22. The van der Waals surface area contributed by atoms with Crippen LogP contribution in [0.4, 0.5) is 0 Å². The summed E-state index contributed by atoms with van der Waals surface area (Å²) in [6.45, 7) is 10.3. The van der Waals surface area contributed by atoms with Crippen LogP contribution in [0.2, 0.25) is 0 Å². The fourth-order valence-electron chi connectivity index (χ4n) is 2.68. The molecule has 1 aliphatic carbocycles. The normalized spacial score (nSPS) is 35.3. The van der Waals surface area contributed by atoms with E-state index in [0.717, 1.165) is 36.8 Å². The van der Waals surface area contributed by atoms with Gasteiger partial charge in [0.25, 0.3) is 0 Å². The molecule has 0 fully saturated rings. The fourth-order valence-corrected chi connectivity index (χ4v) is 2.68. The fraction of sp³-hybridized carbons (Fsp3) is 0.600. The van der Waals surface area contributed by atoms with Gasteiger partial charge in [0.1, 0.15) is 12.2 Å². The van der Waals surface area contributed by atoms with E-state index in [9.17, 15) is 10.2 Å². The lowest BCUT2D eigenvalue weighted by Crippen LogP contribution is -2.30. The Morgan fingerprint density at radius 2 is 1.45 bits per heavy atom. The summed E-state index contributed by atoms with van der Waals surface area (Å²) in [5.74, 6) is 0.205. The van der Waals surface area contributed by atoms with Crippen molar-refractivity contribution in [1.82, 2.24) is 0 Å². The molecule has 0 radical (unpaired) electrons. The second-order valence-electron chi connectivity index (χ2n) is 6.80. The maximum atomic E-state index is 10.5. The van der Waals surface area contributed by atoms with Crippen LogP contribution < -0.4 is 0 Å². The molecule has 22 heavy (non-hydrogen) atoms. The third-order valence-corrected chi connectivity index (χ3v) is 4.37. The van der Waals surface area contributed by atoms with Crippen LogP contribution in [0.5, 0.6) is 0 Å². The largest absolute Gasteiger partial charge is 0.386 e. The minimum atomic E-state index is -0.833. The molecule has 0 spiro atoms. The minimum Gasteiger partial charge on any atom is -0.386 e. The predicted molar refractivity (Wildman–Crippen MR) is 94.7 cm³/mol. The molecule has 2 unspecified atom stereocenters. The predicted octanol–water partition coefficient (Wildman–Crippen LogP) is 4.70. The van der Waals surface area contributed by atoms with Gasteiger partial charge in [-0.25, -0.2) is 0 Å². The molecule has 1 aliphatic rings. The number of hydrogen-bond donors (Lipinski definition) is 2. The van der Waals surface area contributed by atoms with Crippen LogP contribution >= 0.6 is 0 Å². The minimum absolute atomic E-state index is 0.205. The lowest BCUT2D eigenvalue weighted by molar-refractivity contribution is 0.0603. The van der Waals surface area contributed by atoms with E-state index in [-0.39, 0.29) is 5.92 Å². The van der Waals surface area contributed by atoms with Crippen molar-refractivity contribution in [3.05, 3.63) is 46.6 Å². The lowest BCUT2D eigenvalue weighted by atomic mass is 9.90. The van der Waals surface area contributed by atoms with E-state index < -0.39 is 12.2 Å². The van der Waals surface area contributed by atoms with Crippen molar-refractivity contribution in [1.29, 1.82) is 0 Å². The van der Waals surface area contributed by atoms with Crippen molar-refractivity contribution in [3.63, 3.8) is 0 Å². The van der Waals surface area contributed by atoms with E-state index in [1.54, 1.807) is 0 Å². The van der Waals surface area contributed by atoms with Crippen molar-refractivity contribution in [2.45, 2.75) is 72.5 Å². The maximum Gasteiger partial charge on any atom is 0.105 e. The van der Waals surface area contributed by atoms with Gasteiger partial charge in [-0.15, -0.1) is 0 Å². The Morgan fingerprint density at radius 3 is 2.09 bits per heavy atom. The van der Waals surface area contributed by atoms with Crippen LogP contribution in [0.3, 0.4) is 0 Å². The Kier molecular flexibility index (Phi) is 7.84. The van der Waals surface area contributed by atoms with Gasteiger partial charge in [-0.05, 0) is 63.5 Å². The van der Waals surface area contributed by atoms with E-state index in [4.69, 9.17) is 0 Å². The van der Waals surface area contributed by atoms with Gasteiger partial charge in [0, 0.05) is 0 Å². The highest BCUT2D eigenvalue weighted by atomic mass is 16.3. The summed E-state index contributed by atoms with van der Waals surface area (Å²) in [7, 11) is 0. The maximum absolute atomic E-state index is 10.5. The Balaban J connectivity index is 3.13. The molecular formula is C20H32O2. The molecule has 2 N–H and O–H groups in total. The zero-order valence-corrected chi connectivity index (χ0v) is 14.8. The van der Waals surface area contributed by atoms with Crippen molar-refractivity contribution in [2.75, 3.05) is 0 Å². The molecule has 0 amide bonds. The van der Waals surface area contributed by atoms with Gasteiger partial charge in [-0.1, -0.05) is 49.3 Å². The van der Waals surface area contributed by atoms with E-state index in [1.165, 1.54) is 11.1 Å². The Labute approximate surface area is 135 Å². The quantitative estimate of drug-likeness (QED) is 0.689. The average Bonchev–Trinajstić information content (AvgIpc) is 2.45. The van der Waals surface area contributed by atoms with Crippen molar-refractivity contribution < 1.29 is 10.2 Å². The number of aliphatic hydroxyl groups excluding tert-OH is 2. The number of rotatable bonds is 1. The molecule has 0 aliphatic heterocycles. The summed E-state index contributed by atoms with van der Waals surface area (Å²) < 4.78 is 0. The summed E-state index contributed by atoms with van der Waals surface area (Å²) in [5.41, 5.74) is 4.43. The number of aliphatic hydroxyl groups is 2. The van der Waals surface area contributed by atoms with Gasteiger partial charge in [-0.2, -0.15) is 0 Å². The van der Waals surface area contributed by atoms with Gasteiger partial charge >= 0.3 is 0 Å². The Bertz CT molecular complexity index is 478. The van der Waals surface area contributed by atoms with Crippen LogP contribution in [0.1, 0.15) is 60.3 Å². The van der Waals surface area contributed by atoms with Gasteiger partial charge in [-0.3, -0.25) is 0 Å². The van der Waals surface area contributed by atoms with E-state index in [1.807, 2.05) is 13.0 Å². The summed E-state index contributed by atoms with van der Waals surface area (Å²) in [6.07, 6.45) is 10.8. The molecule has 0 bridgehead atoms. The van der Waals surface area contributed by atoms with Gasteiger partial charge in [0.15, 0.2) is 0 Å². The van der Waals surface area contributed by atoms with Crippen molar-refractivity contribution in [3.8, 4) is 0 Å². The monoisotopic (exact) mass is 304 g/mol. The number of allylic oxidation sites excluding steroid dienone is 6.